The van der Waals surface area contributed by atoms with Crippen LogP contribution in [0.4, 0.5) is 0 Å². The molecule has 1 unspecified atom stereocenters. The van der Waals surface area contributed by atoms with Crippen LogP contribution in [-0.2, 0) is 18.8 Å². The molecular weight excluding hydrogens is 491 g/mol. The lowest BCUT2D eigenvalue weighted by Crippen LogP contribution is -2.54. The Morgan fingerprint density at radius 3 is 2.38 bits per heavy atom. The number of hydrogen-bond acceptors (Lipinski definition) is 3. The zero-order valence-electron chi connectivity index (χ0n) is 19.2. The topological polar surface area (TPSA) is 64.2 Å². The molecule has 2 N–H and O–H groups in total. The van der Waals surface area contributed by atoms with Crippen LogP contribution in [0.15, 0.2) is 54.9 Å². The summed E-state index contributed by atoms with van der Waals surface area (Å²) in [5, 5.41) is 1.90. The summed E-state index contributed by atoms with van der Waals surface area (Å²) < 4.78 is 1.96. The Labute approximate surface area is 215 Å². The first-order chi connectivity index (χ1) is 16.3. The number of nitrogens with zero attached hydrogens (tertiary/aromatic N) is 3. The molecule has 4 rings (SSSR count). The number of benzene rings is 2. The van der Waals surface area contributed by atoms with E-state index < -0.39 is 11.6 Å². The minimum absolute atomic E-state index is 0.261. The van der Waals surface area contributed by atoms with E-state index in [4.69, 9.17) is 40.5 Å². The molecule has 34 heavy (non-hydrogen) atoms. The lowest BCUT2D eigenvalue weighted by molar-refractivity contribution is -0.0496. The molecule has 0 spiro atoms. The van der Waals surface area contributed by atoms with Gasteiger partial charge in [-0.15, -0.1) is 0 Å². The van der Waals surface area contributed by atoms with Crippen LogP contribution in [-0.4, -0.2) is 20.4 Å². The summed E-state index contributed by atoms with van der Waals surface area (Å²) in [6.45, 7) is 3.37. The van der Waals surface area contributed by atoms with Gasteiger partial charge in [0.25, 0.3) is 5.91 Å². The van der Waals surface area contributed by atoms with Gasteiger partial charge in [0, 0.05) is 40.6 Å². The van der Waals surface area contributed by atoms with Gasteiger partial charge in [0.05, 0.1) is 5.66 Å². The molecule has 180 valence electrons. The zero-order valence-corrected chi connectivity index (χ0v) is 21.5. The maximum Gasteiger partial charge on any atom is 0.284 e. The van der Waals surface area contributed by atoms with Crippen LogP contribution in [0.1, 0.15) is 60.8 Å². The molecule has 1 atom stereocenters. The van der Waals surface area contributed by atoms with Gasteiger partial charge in [-0.1, -0.05) is 72.3 Å². The van der Waals surface area contributed by atoms with Gasteiger partial charge < -0.3 is 10.3 Å². The number of aromatic nitrogens is 2. The van der Waals surface area contributed by atoms with Crippen LogP contribution in [0.25, 0.3) is 0 Å². The van der Waals surface area contributed by atoms with E-state index in [0.717, 1.165) is 36.8 Å². The Hall–Kier alpha value is -2.05. The van der Waals surface area contributed by atoms with Crippen molar-refractivity contribution in [2.45, 2.75) is 57.8 Å². The highest BCUT2D eigenvalue weighted by atomic mass is 35.5. The monoisotopic (exact) mass is 518 g/mol. The Balaban J connectivity index is 1.84. The fraction of sp³-hybridized carbons (Fsp3) is 0.385. The van der Waals surface area contributed by atoms with Gasteiger partial charge in [-0.3, -0.25) is 9.69 Å². The largest absolute Gasteiger partial charge is 0.363 e. The maximum atomic E-state index is 12.4. The van der Waals surface area contributed by atoms with E-state index in [1.165, 1.54) is 6.42 Å². The fourth-order valence-corrected chi connectivity index (χ4v) is 5.74. The van der Waals surface area contributed by atoms with Gasteiger partial charge in [0.15, 0.2) is 5.82 Å². The number of rotatable bonds is 8. The summed E-state index contributed by atoms with van der Waals surface area (Å²) in [6, 6.07) is 13.4. The molecule has 1 aliphatic carbocycles. The quantitative estimate of drug-likeness (QED) is 0.352. The van der Waals surface area contributed by atoms with E-state index in [1.807, 2.05) is 47.2 Å². The predicted molar refractivity (Wildman–Crippen MR) is 138 cm³/mol. The van der Waals surface area contributed by atoms with Crippen LogP contribution >= 0.6 is 34.8 Å². The summed E-state index contributed by atoms with van der Waals surface area (Å²) >= 11 is 18.9. The second-order valence-corrected chi connectivity index (χ2v) is 10.4. The number of nitrogens with two attached hydrogens (primary N) is 1. The molecule has 3 aromatic rings. The molecule has 0 bridgehead atoms. The van der Waals surface area contributed by atoms with Crippen LogP contribution in [0, 0.1) is 5.92 Å². The molecule has 1 saturated carbocycles. The third-order valence-corrected chi connectivity index (χ3v) is 7.87. The number of imidazole rings is 1. The van der Waals surface area contributed by atoms with E-state index in [9.17, 15) is 4.79 Å². The normalized spacial score (nSPS) is 16.5. The zero-order chi connectivity index (χ0) is 24.3. The summed E-state index contributed by atoms with van der Waals surface area (Å²) in [6.07, 6.45) is 9.15. The Morgan fingerprint density at radius 1 is 1.06 bits per heavy atom. The average molecular weight is 520 g/mol. The second-order valence-electron chi connectivity index (χ2n) is 9.13. The van der Waals surface area contributed by atoms with Crippen molar-refractivity contribution >= 4 is 40.7 Å². The third-order valence-electron chi connectivity index (χ3n) is 7.03. The summed E-state index contributed by atoms with van der Waals surface area (Å²) in [5.74, 6) is 0.0197. The standard InChI is InChI=1S/C26H29Cl3N4O/c1-26(20-5-3-2-4-6-20,33-14-13-31-25(33)24(30)34)32(16-18-7-10-21(27)11-8-18)17-19-9-12-22(28)15-23(19)29/h7-15,20H,2-6,16-17H2,1H3,(H2,30,34). The number of primary amides is 1. The van der Waals surface area contributed by atoms with Gasteiger partial charge in [0.2, 0.25) is 0 Å². The minimum Gasteiger partial charge on any atom is -0.363 e. The van der Waals surface area contributed by atoms with Crippen molar-refractivity contribution in [1.82, 2.24) is 14.5 Å². The van der Waals surface area contributed by atoms with Crippen molar-refractivity contribution in [3.8, 4) is 0 Å². The molecular formula is C26H29Cl3N4O. The molecule has 8 heteroatoms. The SMILES string of the molecule is CC(C1CCCCC1)(N(Cc1ccc(Cl)cc1)Cc1ccc(Cl)cc1Cl)n1ccnc1C(N)=O. The molecule has 5 nitrogen and oxygen atoms in total. The molecule has 0 aliphatic heterocycles. The lowest BCUT2D eigenvalue weighted by Gasteiger charge is -2.49. The number of carbonyl (C=O) groups excluding carboxylic acids is 1. The highest BCUT2D eigenvalue weighted by Crippen LogP contribution is 2.42. The van der Waals surface area contributed by atoms with Gasteiger partial charge in [-0.05, 0) is 61.1 Å². The fourth-order valence-electron chi connectivity index (χ4n) is 5.15. The van der Waals surface area contributed by atoms with E-state index in [0.29, 0.717) is 34.1 Å². The Kier molecular flexibility index (Phi) is 7.88. The van der Waals surface area contributed by atoms with Crippen LogP contribution in [0.2, 0.25) is 15.1 Å². The summed E-state index contributed by atoms with van der Waals surface area (Å²) in [7, 11) is 0. The first-order valence-corrected chi connectivity index (χ1v) is 12.7. The molecule has 1 amide bonds. The predicted octanol–water partition coefficient (Wildman–Crippen LogP) is 6.90. The number of hydrogen-bond donors (Lipinski definition) is 1. The molecule has 1 fully saturated rings. The first kappa shape index (κ1) is 25.1. The third kappa shape index (κ3) is 5.28. The van der Waals surface area contributed by atoms with Crippen LogP contribution in [0.5, 0.6) is 0 Å². The van der Waals surface area contributed by atoms with E-state index in [-0.39, 0.29) is 5.82 Å². The number of amides is 1. The maximum absolute atomic E-state index is 12.4. The van der Waals surface area contributed by atoms with Gasteiger partial charge in [-0.2, -0.15) is 0 Å². The van der Waals surface area contributed by atoms with Crippen molar-refractivity contribution in [2.75, 3.05) is 0 Å². The minimum atomic E-state index is -0.566. The van der Waals surface area contributed by atoms with Crippen molar-refractivity contribution in [3.63, 3.8) is 0 Å². The number of halogens is 3. The second kappa shape index (κ2) is 10.7. The highest BCUT2D eigenvalue weighted by Gasteiger charge is 2.43. The smallest absolute Gasteiger partial charge is 0.284 e. The lowest BCUT2D eigenvalue weighted by atomic mass is 9.79. The van der Waals surface area contributed by atoms with E-state index in [2.05, 4.69) is 16.8 Å². The van der Waals surface area contributed by atoms with Crippen molar-refractivity contribution in [2.24, 2.45) is 11.7 Å². The molecule has 1 heterocycles. The Morgan fingerprint density at radius 2 is 1.74 bits per heavy atom. The molecule has 0 saturated heterocycles. The van der Waals surface area contributed by atoms with Crippen LogP contribution in [0.3, 0.4) is 0 Å². The molecule has 1 aliphatic rings. The average Bonchev–Trinajstić information content (AvgIpc) is 3.33. The molecule has 2 aromatic carbocycles. The molecule has 0 radical (unpaired) electrons. The van der Waals surface area contributed by atoms with Gasteiger partial charge in [0.1, 0.15) is 0 Å². The van der Waals surface area contributed by atoms with E-state index in [1.54, 1.807) is 12.3 Å². The van der Waals surface area contributed by atoms with Gasteiger partial charge >= 0.3 is 0 Å². The summed E-state index contributed by atoms with van der Waals surface area (Å²) in [4.78, 5) is 19.0. The Bertz CT molecular complexity index is 1140. The van der Waals surface area contributed by atoms with Crippen molar-refractivity contribution in [1.29, 1.82) is 0 Å². The van der Waals surface area contributed by atoms with E-state index >= 15 is 0 Å². The number of carbonyl (C=O) groups is 1. The van der Waals surface area contributed by atoms with Gasteiger partial charge in [-0.25, -0.2) is 4.98 Å². The van der Waals surface area contributed by atoms with Crippen LogP contribution < -0.4 is 5.73 Å². The van der Waals surface area contributed by atoms with Crippen molar-refractivity contribution in [3.05, 3.63) is 86.9 Å². The summed E-state index contributed by atoms with van der Waals surface area (Å²) in [5.41, 5.74) is 7.26. The molecule has 1 aromatic heterocycles. The highest BCUT2D eigenvalue weighted by molar-refractivity contribution is 6.35. The van der Waals surface area contributed by atoms with Crippen molar-refractivity contribution < 1.29 is 4.79 Å². The first-order valence-electron chi connectivity index (χ1n) is 11.6.